The summed E-state index contributed by atoms with van der Waals surface area (Å²) in [6, 6.07) is 7.42. The number of rotatable bonds is 11. The number of nitrogens with zero attached hydrogens (tertiary/aromatic N) is 2. The molecule has 0 spiro atoms. The molecule has 0 saturated carbocycles. The van der Waals surface area contributed by atoms with E-state index in [2.05, 4.69) is 10.6 Å². The number of carbonyl (C=O) groups is 4. The van der Waals surface area contributed by atoms with Gasteiger partial charge in [0.25, 0.3) is 0 Å². The molecule has 9 nitrogen and oxygen atoms in total. The molecule has 3 amide bonds. The highest BCUT2D eigenvalue weighted by Gasteiger charge is 2.42. The summed E-state index contributed by atoms with van der Waals surface area (Å²) in [5.74, 6) is -1.18. The van der Waals surface area contributed by atoms with E-state index in [0.717, 1.165) is 12.0 Å². The van der Waals surface area contributed by atoms with E-state index in [9.17, 15) is 19.2 Å². The maximum absolute atomic E-state index is 14.1. The van der Waals surface area contributed by atoms with Crippen molar-refractivity contribution in [2.75, 3.05) is 27.7 Å². The van der Waals surface area contributed by atoms with Gasteiger partial charge in [0.1, 0.15) is 12.1 Å². The molecule has 1 saturated heterocycles. The van der Waals surface area contributed by atoms with Crippen LogP contribution in [0, 0.1) is 11.3 Å². The quantitative estimate of drug-likeness (QED) is 0.304. The van der Waals surface area contributed by atoms with Crippen molar-refractivity contribution in [2.45, 2.75) is 97.8 Å². The summed E-state index contributed by atoms with van der Waals surface area (Å²) in [6.45, 7) is 16.0. The van der Waals surface area contributed by atoms with Gasteiger partial charge >= 0.3 is 5.97 Å². The van der Waals surface area contributed by atoms with Gasteiger partial charge in [0.2, 0.25) is 17.7 Å². The van der Waals surface area contributed by atoms with Crippen LogP contribution in [0.4, 0.5) is 0 Å². The van der Waals surface area contributed by atoms with E-state index in [1.807, 2.05) is 78.8 Å². The smallest absolute Gasteiger partial charge is 0.328 e. The monoisotopic (exact) mass is 584 g/mol. The Morgan fingerprint density at radius 1 is 1.05 bits per heavy atom. The third-order valence-corrected chi connectivity index (χ3v) is 8.41. The normalized spacial score (nSPS) is 18.3. The van der Waals surface area contributed by atoms with Gasteiger partial charge in [0.15, 0.2) is 0 Å². The van der Waals surface area contributed by atoms with Crippen molar-refractivity contribution < 1.29 is 23.9 Å². The maximum atomic E-state index is 14.1. The Hall–Kier alpha value is -3.20. The lowest BCUT2D eigenvalue weighted by Gasteiger charge is -2.40. The van der Waals surface area contributed by atoms with E-state index in [4.69, 9.17) is 4.74 Å². The third-order valence-electron chi connectivity index (χ3n) is 8.41. The average molecular weight is 585 g/mol. The molecule has 1 aromatic carbocycles. The molecule has 234 valence electrons. The SMILES string of the molecule is CN[C@H](C(=O)N[C@H](C(=O)N(C)[C@H](/C=C(\C)C(=O)N1CCC[C@H]1C(=O)OC)C(C)C)C(C)(C)C)C(C)(C)c1ccccc1. The zero-order chi connectivity index (χ0) is 32.0. The van der Waals surface area contributed by atoms with Crippen molar-refractivity contribution in [3.8, 4) is 0 Å². The van der Waals surface area contributed by atoms with Crippen LogP contribution in [0.2, 0.25) is 0 Å². The van der Waals surface area contributed by atoms with E-state index >= 15 is 0 Å². The number of benzene rings is 1. The molecular formula is C33H52N4O5. The van der Waals surface area contributed by atoms with Crippen molar-refractivity contribution in [3.63, 3.8) is 0 Å². The first kappa shape index (κ1) is 35.0. The highest BCUT2D eigenvalue weighted by atomic mass is 16.5. The molecule has 2 rings (SSSR count). The van der Waals surface area contributed by atoms with Crippen LogP contribution < -0.4 is 10.6 Å². The summed E-state index contributed by atoms with van der Waals surface area (Å²) in [6.07, 6.45) is 3.10. The fraction of sp³-hybridized carbons (Fsp3) is 0.636. The van der Waals surface area contributed by atoms with Crippen molar-refractivity contribution >= 4 is 23.7 Å². The van der Waals surface area contributed by atoms with Gasteiger partial charge in [-0.2, -0.15) is 0 Å². The highest BCUT2D eigenvalue weighted by molar-refractivity contribution is 5.96. The molecule has 4 atom stereocenters. The lowest BCUT2D eigenvalue weighted by molar-refractivity contribution is -0.149. The molecule has 1 aliphatic rings. The number of esters is 1. The Balaban J connectivity index is 2.33. The van der Waals surface area contributed by atoms with Gasteiger partial charge in [0.05, 0.1) is 19.2 Å². The minimum Gasteiger partial charge on any atom is -0.467 e. The second kappa shape index (κ2) is 14.3. The third kappa shape index (κ3) is 8.00. The topological polar surface area (TPSA) is 108 Å². The number of ether oxygens (including phenoxy) is 1. The van der Waals surface area contributed by atoms with Crippen molar-refractivity contribution in [3.05, 3.63) is 47.5 Å². The first-order valence-corrected chi connectivity index (χ1v) is 14.9. The zero-order valence-corrected chi connectivity index (χ0v) is 27.4. The molecule has 0 aromatic heterocycles. The Bertz CT molecular complexity index is 1140. The molecule has 0 bridgehead atoms. The fourth-order valence-electron chi connectivity index (χ4n) is 5.78. The molecular weight excluding hydrogens is 532 g/mol. The van der Waals surface area contributed by atoms with Gasteiger partial charge in [-0.15, -0.1) is 0 Å². The Kier molecular flexibility index (Phi) is 11.9. The largest absolute Gasteiger partial charge is 0.467 e. The number of methoxy groups -OCH3 is 1. The summed E-state index contributed by atoms with van der Waals surface area (Å²) < 4.78 is 4.90. The van der Waals surface area contributed by atoms with Crippen LogP contribution in [0.15, 0.2) is 42.0 Å². The number of carbonyl (C=O) groups excluding carboxylic acids is 4. The number of likely N-dealkylation sites (N-methyl/N-ethyl adjacent to an activating group) is 2. The average Bonchev–Trinajstić information content (AvgIpc) is 3.43. The van der Waals surface area contributed by atoms with Crippen LogP contribution in [-0.2, 0) is 29.3 Å². The van der Waals surface area contributed by atoms with Crippen LogP contribution >= 0.6 is 0 Å². The summed E-state index contributed by atoms with van der Waals surface area (Å²) in [5, 5.41) is 6.23. The number of hydrogen-bond acceptors (Lipinski definition) is 6. The standard InChI is InChI=1S/C33H52N4O5/c1-21(2)25(20-22(3)29(39)37-19-15-18-24(37)31(41)42-11)36(10)30(40)27(32(4,5)6)35-28(38)26(34-9)33(7,8)23-16-13-12-14-17-23/h12-14,16-17,20-21,24-27,34H,15,18-19H2,1-11H3,(H,35,38)/b22-20+/t24-,25+,26+,27+/m0/s1. The van der Waals surface area contributed by atoms with Gasteiger partial charge in [0, 0.05) is 24.6 Å². The molecule has 0 radical (unpaired) electrons. The first-order chi connectivity index (χ1) is 19.5. The zero-order valence-electron chi connectivity index (χ0n) is 27.4. The minimum absolute atomic E-state index is 0.0185. The van der Waals surface area contributed by atoms with Crippen LogP contribution in [0.1, 0.15) is 73.8 Å². The van der Waals surface area contributed by atoms with Gasteiger partial charge in [-0.25, -0.2) is 4.79 Å². The van der Waals surface area contributed by atoms with E-state index in [1.165, 1.54) is 7.11 Å². The van der Waals surface area contributed by atoms with Crippen LogP contribution in [0.5, 0.6) is 0 Å². The summed E-state index contributed by atoms with van der Waals surface area (Å²) in [5.41, 5.74) is 0.332. The van der Waals surface area contributed by atoms with Gasteiger partial charge < -0.3 is 25.2 Å². The summed E-state index contributed by atoms with van der Waals surface area (Å²) in [4.78, 5) is 56.6. The number of amides is 3. The van der Waals surface area contributed by atoms with Gasteiger partial charge in [-0.05, 0) is 43.7 Å². The number of likely N-dealkylation sites (tertiary alicyclic amines) is 1. The second-order valence-electron chi connectivity index (χ2n) is 13.3. The summed E-state index contributed by atoms with van der Waals surface area (Å²) in [7, 11) is 4.79. The van der Waals surface area contributed by atoms with Gasteiger partial charge in [-0.1, -0.05) is 84.9 Å². The highest BCUT2D eigenvalue weighted by Crippen LogP contribution is 2.29. The Morgan fingerprint density at radius 2 is 1.64 bits per heavy atom. The van der Waals surface area contributed by atoms with E-state index < -0.39 is 41.0 Å². The molecule has 0 unspecified atom stereocenters. The van der Waals surface area contributed by atoms with Crippen molar-refractivity contribution in [1.82, 2.24) is 20.4 Å². The molecule has 1 aliphatic heterocycles. The molecule has 0 aliphatic carbocycles. The molecule has 1 heterocycles. The first-order valence-electron chi connectivity index (χ1n) is 14.9. The molecule has 42 heavy (non-hydrogen) atoms. The number of hydrogen-bond donors (Lipinski definition) is 2. The van der Waals surface area contributed by atoms with Crippen LogP contribution in [0.3, 0.4) is 0 Å². The van der Waals surface area contributed by atoms with Crippen molar-refractivity contribution in [2.24, 2.45) is 11.3 Å². The molecule has 2 N–H and O–H groups in total. The van der Waals surface area contributed by atoms with Crippen LogP contribution in [-0.4, -0.2) is 85.4 Å². The lowest BCUT2D eigenvalue weighted by Crippen LogP contribution is -2.61. The number of nitrogens with one attached hydrogen (secondary N) is 2. The summed E-state index contributed by atoms with van der Waals surface area (Å²) >= 11 is 0. The fourth-order valence-corrected chi connectivity index (χ4v) is 5.78. The molecule has 9 heteroatoms. The van der Waals surface area contributed by atoms with Crippen molar-refractivity contribution in [1.29, 1.82) is 0 Å². The van der Waals surface area contributed by atoms with Crippen LogP contribution in [0.25, 0.3) is 0 Å². The second-order valence-corrected chi connectivity index (χ2v) is 13.3. The maximum Gasteiger partial charge on any atom is 0.328 e. The van der Waals surface area contributed by atoms with Gasteiger partial charge in [-0.3, -0.25) is 14.4 Å². The molecule has 1 fully saturated rings. The van der Waals surface area contributed by atoms with E-state index in [0.29, 0.717) is 18.5 Å². The predicted molar refractivity (Wildman–Crippen MR) is 166 cm³/mol. The lowest BCUT2D eigenvalue weighted by atomic mass is 9.76. The predicted octanol–water partition coefficient (Wildman–Crippen LogP) is 3.68. The molecule has 1 aromatic rings. The Labute approximate surface area is 252 Å². The Morgan fingerprint density at radius 3 is 2.14 bits per heavy atom. The van der Waals surface area contributed by atoms with E-state index in [-0.39, 0.29) is 23.6 Å². The minimum atomic E-state index is -0.814. The van der Waals surface area contributed by atoms with E-state index in [1.54, 1.807) is 36.9 Å².